The van der Waals surface area contributed by atoms with Crippen molar-refractivity contribution in [2.45, 2.75) is 59.2 Å². The lowest BCUT2D eigenvalue weighted by molar-refractivity contribution is -0.151. The number of rotatable bonds is 3. The second-order valence-corrected chi connectivity index (χ2v) is 4.46. The van der Waals surface area contributed by atoms with Crippen LogP contribution in [0.15, 0.2) is 0 Å². The van der Waals surface area contributed by atoms with E-state index in [1.807, 2.05) is 27.7 Å². The standard InChI is InChI=1S/C10H21NO2/c1-7(2)11(8(3)4)9(12)10(5,6)13/h7-8,13H,1-6H3. The van der Waals surface area contributed by atoms with E-state index in [0.29, 0.717) is 0 Å². The molecule has 78 valence electrons. The highest BCUT2D eigenvalue weighted by atomic mass is 16.3. The van der Waals surface area contributed by atoms with Crippen LogP contribution in [0.25, 0.3) is 0 Å². The first kappa shape index (κ1) is 12.4. The number of hydrogen-bond acceptors (Lipinski definition) is 2. The molecule has 0 aromatic carbocycles. The maximum Gasteiger partial charge on any atom is 0.254 e. The summed E-state index contributed by atoms with van der Waals surface area (Å²) in [4.78, 5) is 13.4. The fourth-order valence-electron chi connectivity index (χ4n) is 1.38. The first-order chi connectivity index (χ1) is 5.68. The topological polar surface area (TPSA) is 40.5 Å². The minimum Gasteiger partial charge on any atom is -0.381 e. The average Bonchev–Trinajstić information content (AvgIpc) is 1.82. The zero-order valence-corrected chi connectivity index (χ0v) is 9.46. The molecule has 0 unspecified atom stereocenters. The van der Waals surface area contributed by atoms with Crippen LogP contribution in [-0.2, 0) is 4.79 Å². The fraction of sp³-hybridized carbons (Fsp3) is 0.900. The van der Waals surface area contributed by atoms with Gasteiger partial charge in [-0.25, -0.2) is 0 Å². The summed E-state index contributed by atoms with van der Waals surface area (Å²) < 4.78 is 0. The highest BCUT2D eigenvalue weighted by Crippen LogP contribution is 2.13. The van der Waals surface area contributed by atoms with E-state index in [1.165, 1.54) is 13.8 Å². The first-order valence-electron chi connectivity index (χ1n) is 4.73. The van der Waals surface area contributed by atoms with Crippen molar-refractivity contribution in [1.29, 1.82) is 0 Å². The predicted molar refractivity (Wildman–Crippen MR) is 53.4 cm³/mol. The van der Waals surface area contributed by atoms with E-state index in [-0.39, 0.29) is 18.0 Å². The molecule has 0 aliphatic carbocycles. The first-order valence-corrected chi connectivity index (χ1v) is 4.73. The van der Waals surface area contributed by atoms with Crippen molar-refractivity contribution in [3.05, 3.63) is 0 Å². The summed E-state index contributed by atoms with van der Waals surface area (Å²) in [5, 5.41) is 9.56. The maximum absolute atomic E-state index is 11.7. The molecule has 1 N–H and O–H groups in total. The summed E-state index contributed by atoms with van der Waals surface area (Å²) >= 11 is 0. The van der Waals surface area contributed by atoms with Crippen LogP contribution in [-0.4, -0.2) is 33.6 Å². The molecule has 0 saturated heterocycles. The Bertz CT molecular complexity index is 172. The lowest BCUT2D eigenvalue weighted by atomic mass is 10.1. The SMILES string of the molecule is CC(C)N(C(=O)C(C)(C)O)C(C)C. The molecule has 0 aromatic heterocycles. The van der Waals surface area contributed by atoms with Gasteiger partial charge in [-0.2, -0.15) is 0 Å². The van der Waals surface area contributed by atoms with E-state index >= 15 is 0 Å². The smallest absolute Gasteiger partial charge is 0.254 e. The van der Waals surface area contributed by atoms with Crippen molar-refractivity contribution >= 4 is 5.91 Å². The summed E-state index contributed by atoms with van der Waals surface area (Å²) in [7, 11) is 0. The van der Waals surface area contributed by atoms with Crippen molar-refractivity contribution in [3.63, 3.8) is 0 Å². The molecule has 0 rings (SSSR count). The Morgan fingerprint density at radius 1 is 1.15 bits per heavy atom. The van der Waals surface area contributed by atoms with Crippen LogP contribution in [0.5, 0.6) is 0 Å². The summed E-state index contributed by atoms with van der Waals surface area (Å²) in [5.41, 5.74) is -1.27. The summed E-state index contributed by atoms with van der Waals surface area (Å²) in [6, 6.07) is 0.248. The van der Waals surface area contributed by atoms with Crippen LogP contribution in [0.3, 0.4) is 0 Å². The molecule has 0 atom stereocenters. The van der Waals surface area contributed by atoms with Crippen molar-refractivity contribution in [2.24, 2.45) is 0 Å². The van der Waals surface area contributed by atoms with Crippen LogP contribution in [0.1, 0.15) is 41.5 Å². The Balaban J connectivity index is 4.68. The van der Waals surface area contributed by atoms with E-state index in [9.17, 15) is 9.90 Å². The lowest BCUT2D eigenvalue weighted by Gasteiger charge is -2.35. The second kappa shape index (κ2) is 4.09. The van der Waals surface area contributed by atoms with E-state index < -0.39 is 5.60 Å². The molecule has 1 amide bonds. The largest absolute Gasteiger partial charge is 0.381 e. The van der Waals surface area contributed by atoms with Crippen molar-refractivity contribution < 1.29 is 9.90 Å². The van der Waals surface area contributed by atoms with Gasteiger partial charge in [0, 0.05) is 12.1 Å². The minimum atomic E-state index is -1.27. The molecule has 0 aliphatic rings. The predicted octanol–water partition coefficient (Wildman–Crippen LogP) is 1.40. The zero-order chi connectivity index (χ0) is 10.8. The van der Waals surface area contributed by atoms with Crippen LogP contribution >= 0.6 is 0 Å². The van der Waals surface area contributed by atoms with Gasteiger partial charge in [-0.15, -0.1) is 0 Å². The summed E-state index contributed by atoms with van der Waals surface area (Å²) in [5.74, 6) is -0.211. The van der Waals surface area contributed by atoms with Crippen LogP contribution in [0.4, 0.5) is 0 Å². The number of nitrogens with zero attached hydrogens (tertiary/aromatic N) is 1. The van der Waals surface area contributed by atoms with Crippen LogP contribution in [0.2, 0.25) is 0 Å². The third-order valence-electron chi connectivity index (χ3n) is 1.87. The van der Waals surface area contributed by atoms with Crippen LogP contribution < -0.4 is 0 Å². The molecule has 0 fully saturated rings. The molecule has 0 aromatic rings. The van der Waals surface area contributed by atoms with Gasteiger partial charge in [-0.3, -0.25) is 4.79 Å². The van der Waals surface area contributed by atoms with Crippen molar-refractivity contribution in [1.82, 2.24) is 4.90 Å². The maximum atomic E-state index is 11.7. The molecule has 0 aliphatic heterocycles. The highest BCUT2D eigenvalue weighted by Gasteiger charge is 2.32. The zero-order valence-electron chi connectivity index (χ0n) is 9.46. The van der Waals surface area contributed by atoms with Crippen molar-refractivity contribution in [3.8, 4) is 0 Å². The number of aliphatic hydroxyl groups is 1. The Kier molecular flexibility index (Phi) is 3.91. The Morgan fingerprint density at radius 3 is 1.54 bits per heavy atom. The molecule has 13 heavy (non-hydrogen) atoms. The fourth-order valence-corrected chi connectivity index (χ4v) is 1.38. The molecule has 0 spiro atoms. The molecular weight excluding hydrogens is 166 g/mol. The molecule has 0 bridgehead atoms. The Morgan fingerprint density at radius 2 is 1.46 bits per heavy atom. The van der Waals surface area contributed by atoms with Crippen LogP contribution in [0, 0.1) is 0 Å². The highest BCUT2D eigenvalue weighted by molar-refractivity contribution is 5.84. The van der Waals surface area contributed by atoms with E-state index in [0.717, 1.165) is 0 Å². The Hall–Kier alpha value is -0.570. The third kappa shape index (κ3) is 3.35. The summed E-state index contributed by atoms with van der Waals surface area (Å²) in [6.45, 7) is 10.8. The molecular formula is C10H21NO2. The van der Waals surface area contributed by atoms with Gasteiger partial charge >= 0.3 is 0 Å². The van der Waals surface area contributed by atoms with Gasteiger partial charge in [0.05, 0.1) is 0 Å². The van der Waals surface area contributed by atoms with E-state index in [2.05, 4.69) is 0 Å². The number of carbonyl (C=O) groups excluding carboxylic acids is 1. The van der Waals surface area contributed by atoms with E-state index in [4.69, 9.17) is 0 Å². The molecule has 0 radical (unpaired) electrons. The molecule has 3 heteroatoms. The monoisotopic (exact) mass is 187 g/mol. The van der Waals surface area contributed by atoms with Gasteiger partial charge in [-0.1, -0.05) is 0 Å². The van der Waals surface area contributed by atoms with Gasteiger partial charge < -0.3 is 10.0 Å². The molecule has 0 heterocycles. The average molecular weight is 187 g/mol. The second-order valence-electron chi connectivity index (χ2n) is 4.46. The van der Waals surface area contributed by atoms with Gasteiger partial charge in [0.2, 0.25) is 0 Å². The molecule has 0 saturated carbocycles. The quantitative estimate of drug-likeness (QED) is 0.725. The van der Waals surface area contributed by atoms with Gasteiger partial charge in [-0.05, 0) is 41.5 Å². The third-order valence-corrected chi connectivity index (χ3v) is 1.87. The lowest BCUT2D eigenvalue weighted by Crippen LogP contribution is -2.51. The normalized spacial score (nSPS) is 12.4. The van der Waals surface area contributed by atoms with Gasteiger partial charge in [0.15, 0.2) is 0 Å². The molecule has 3 nitrogen and oxygen atoms in total. The van der Waals surface area contributed by atoms with Gasteiger partial charge in [0.25, 0.3) is 5.91 Å². The summed E-state index contributed by atoms with van der Waals surface area (Å²) in [6.07, 6.45) is 0. The number of amides is 1. The van der Waals surface area contributed by atoms with Gasteiger partial charge in [0.1, 0.15) is 5.60 Å². The minimum absolute atomic E-state index is 0.124. The van der Waals surface area contributed by atoms with Crippen molar-refractivity contribution in [2.75, 3.05) is 0 Å². The van der Waals surface area contributed by atoms with E-state index in [1.54, 1.807) is 4.90 Å². The number of hydrogen-bond donors (Lipinski definition) is 1. The number of carbonyl (C=O) groups is 1. The Labute approximate surface area is 80.7 Å².